The van der Waals surface area contributed by atoms with Gasteiger partial charge in [0.05, 0.1) is 14.1 Å². The Hall–Kier alpha value is -2.59. The Morgan fingerprint density at radius 2 is 1.75 bits per heavy atom. The minimum Gasteiger partial charge on any atom is -1.00 e. The molecule has 0 aliphatic carbocycles. The van der Waals surface area contributed by atoms with Crippen molar-refractivity contribution >= 4 is 22.9 Å². The molecule has 4 nitrogen and oxygen atoms in total. The van der Waals surface area contributed by atoms with E-state index in [4.69, 9.17) is 0 Å². The first-order valence-electron chi connectivity index (χ1n) is 7.44. The van der Waals surface area contributed by atoms with Crippen molar-refractivity contribution < 1.29 is 22.1 Å². The van der Waals surface area contributed by atoms with Gasteiger partial charge in [0.2, 0.25) is 0 Å². The Kier molecular flexibility index (Phi) is 5.10. The third-order valence-electron chi connectivity index (χ3n) is 4.22. The lowest BCUT2D eigenvalue weighted by atomic mass is 10.0. The fourth-order valence-corrected chi connectivity index (χ4v) is 2.68. The molecule has 5 heteroatoms. The summed E-state index contributed by atoms with van der Waals surface area (Å²) in [6.07, 6.45) is 3.89. The van der Waals surface area contributed by atoms with Gasteiger partial charge >= 0.3 is 5.69 Å². The number of fused-ring (bicyclic) bond motifs is 1. The number of hydrogen-bond donors (Lipinski definition) is 1. The third kappa shape index (κ3) is 3.05. The molecule has 1 N–H and O–H groups in total. The zero-order valence-electron chi connectivity index (χ0n) is 13.8. The van der Waals surface area contributed by atoms with E-state index in [2.05, 4.69) is 0 Å². The number of aryl methyl sites for hydroxylation is 1. The lowest BCUT2D eigenvalue weighted by Gasteiger charge is -2.05. The van der Waals surface area contributed by atoms with Gasteiger partial charge in [-0.3, -0.25) is 0 Å². The van der Waals surface area contributed by atoms with Crippen LogP contribution in [-0.4, -0.2) is 9.67 Å². The van der Waals surface area contributed by atoms with E-state index in [-0.39, 0.29) is 23.8 Å². The van der Waals surface area contributed by atoms with Crippen LogP contribution in [0.5, 0.6) is 5.75 Å². The van der Waals surface area contributed by atoms with Gasteiger partial charge < -0.3 is 17.5 Å². The highest BCUT2D eigenvalue weighted by molar-refractivity contribution is 5.96. The molecular weight excluding hydrogens is 324 g/mol. The molecule has 0 unspecified atom stereocenters. The van der Waals surface area contributed by atoms with Crippen LogP contribution in [0.3, 0.4) is 0 Å². The van der Waals surface area contributed by atoms with Crippen LogP contribution < -0.4 is 22.7 Å². The standard InChI is InChI=1S/C19H18N2O2.ClH/c1-13-12-15(21(3)19(23)20(13)2)10-8-14-9-11-18(22)17-7-5-4-6-16(14)17;/h4-12H,1-3H3;1H. The van der Waals surface area contributed by atoms with Gasteiger partial charge in [0.25, 0.3) is 0 Å². The van der Waals surface area contributed by atoms with E-state index in [9.17, 15) is 9.90 Å². The molecule has 1 aromatic heterocycles. The number of nitrogens with zero attached hydrogens (tertiary/aromatic N) is 2. The summed E-state index contributed by atoms with van der Waals surface area (Å²) in [7, 11) is 3.52. The molecule has 0 saturated carbocycles. The zero-order chi connectivity index (χ0) is 16.6. The second kappa shape index (κ2) is 6.89. The Morgan fingerprint density at radius 3 is 2.46 bits per heavy atom. The predicted molar refractivity (Wildman–Crippen MR) is 92.1 cm³/mol. The Labute approximate surface area is 146 Å². The van der Waals surface area contributed by atoms with Crippen molar-refractivity contribution in [2.24, 2.45) is 14.1 Å². The lowest BCUT2D eigenvalue weighted by molar-refractivity contribution is -0.696. The van der Waals surface area contributed by atoms with E-state index < -0.39 is 0 Å². The van der Waals surface area contributed by atoms with Crippen molar-refractivity contribution in [3.63, 3.8) is 0 Å². The highest BCUT2D eigenvalue weighted by atomic mass is 35.5. The van der Waals surface area contributed by atoms with E-state index in [0.717, 1.165) is 27.7 Å². The van der Waals surface area contributed by atoms with Crippen molar-refractivity contribution in [1.82, 2.24) is 4.57 Å². The molecule has 0 radical (unpaired) electrons. The van der Waals surface area contributed by atoms with E-state index in [1.807, 2.05) is 55.5 Å². The van der Waals surface area contributed by atoms with E-state index in [1.54, 1.807) is 29.3 Å². The summed E-state index contributed by atoms with van der Waals surface area (Å²) in [5.41, 5.74) is 2.68. The minimum absolute atomic E-state index is 0. The van der Waals surface area contributed by atoms with Crippen molar-refractivity contribution in [3.05, 3.63) is 69.9 Å². The minimum atomic E-state index is -0.0554. The molecule has 124 valence electrons. The number of phenols is 1. The number of phenolic OH excluding ortho intramolecular Hbond substituents is 1. The molecule has 0 atom stereocenters. The molecule has 0 aliphatic rings. The number of halogens is 1. The fraction of sp³-hybridized carbons (Fsp3) is 0.158. The molecule has 1 heterocycles. The molecule has 24 heavy (non-hydrogen) atoms. The molecule has 0 fully saturated rings. The summed E-state index contributed by atoms with van der Waals surface area (Å²) in [5, 5.41) is 11.8. The molecule has 0 bridgehead atoms. The van der Waals surface area contributed by atoms with Gasteiger partial charge in [-0.2, -0.15) is 13.9 Å². The normalized spacial score (nSPS) is 11.0. The smallest absolute Gasteiger partial charge is 0.498 e. The van der Waals surface area contributed by atoms with Crippen LogP contribution in [0, 0.1) is 6.92 Å². The topological polar surface area (TPSA) is 46.1 Å². The highest BCUT2D eigenvalue weighted by Gasteiger charge is 2.11. The third-order valence-corrected chi connectivity index (χ3v) is 4.22. The summed E-state index contributed by atoms with van der Waals surface area (Å²) in [4.78, 5) is 12.1. The second-order valence-corrected chi connectivity index (χ2v) is 5.66. The van der Waals surface area contributed by atoms with Crippen LogP contribution in [0.1, 0.15) is 17.0 Å². The summed E-state index contributed by atoms with van der Waals surface area (Å²) < 4.78 is 3.24. The monoisotopic (exact) mass is 342 g/mol. The van der Waals surface area contributed by atoms with Gasteiger partial charge in [-0.15, -0.1) is 0 Å². The van der Waals surface area contributed by atoms with Gasteiger partial charge in [0.1, 0.15) is 17.1 Å². The quantitative estimate of drug-likeness (QED) is 0.641. The van der Waals surface area contributed by atoms with Crippen molar-refractivity contribution in [2.45, 2.75) is 6.92 Å². The second-order valence-electron chi connectivity index (χ2n) is 5.66. The SMILES string of the molecule is Cc1cc(/C=C/c2ccc(O)c3ccccc23)n(C)c(=O)[n+]1C.[Cl-]. The van der Waals surface area contributed by atoms with Crippen LogP contribution >= 0.6 is 0 Å². The average molecular weight is 343 g/mol. The number of aromatic hydroxyl groups is 1. The first-order valence-corrected chi connectivity index (χ1v) is 7.44. The number of aromatic nitrogens is 2. The van der Waals surface area contributed by atoms with E-state index in [0.29, 0.717) is 0 Å². The van der Waals surface area contributed by atoms with Crippen molar-refractivity contribution in [1.29, 1.82) is 0 Å². The van der Waals surface area contributed by atoms with Crippen LogP contribution in [0.25, 0.3) is 22.9 Å². The first kappa shape index (κ1) is 17.8. The summed E-state index contributed by atoms with van der Waals surface area (Å²) in [6.45, 7) is 1.91. The molecule has 0 aliphatic heterocycles. The fourth-order valence-electron chi connectivity index (χ4n) is 2.68. The lowest BCUT2D eigenvalue weighted by Crippen LogP contribution is -3.00. The summed E-state index contributed by atoms with van der Waals surface area (Å²) in [5.74, 6) is 0.271. The van der Waals surface area contributed by atoms with E-state index in [1.165, 1.54) is 0 Å². The maximum Gasteiger partial charge on any atom is 0.498 e. The maximum atomic E-state index is 12.1. The molecule has 0 amide bonds. The summed E-state index contributed by atoms with van der Waals surface area (Å²) in [6, 6.07) is 13.3. The molecule has 0 spiro atoms. The van der Waals surface area contributed by atoms with Gasteiger partial charge in [0, 0.05) is 11.5 Å². The zero-order valence-corrected chi connectivity index (χ0v) is 14.6. The number of hydrogen-bond acceptors (Lipinski definition) is 2. The number of rotatable bonds is 2. The number of benzene rings is 2. The Balaban J connectivity index is 0.00000208. The molecule has 2 aromatic carbocycles. The van der Waals surface area contributed by atoms with Crippen LogP contribution in [-0.2, 0) is 14.1 Å². The molecule has 3 rings (SSSR count). The first-order chi connectivity index (χ1) is 11.0. The van der Waals surface area contributed by atoms with Gasteiger partial charge in [-0.05, 0) is 30.0 Å². The highest BCUT2D eigenvalue weighted by Crippen LogP contribution is 2.28. The van der Waals surface area contributed by atoms with Gasteiger partial charge in [0.15, 0.2) is 0 Å². The van der Waals surface area contributed by atoms with E-state index >= 15 is 0 Å². The molecule has 0 saturated heterocycles. The van der Waals surface area contributed by atoms with Crippen LogP contribution in [0.2, 0.25) is 0 Å². The van der Waals surface area contributed by atoms with Gasteiger partial charge in [-0.1, -0.05) is 36.4 Å². The van der Waals surface area contributed by atoms with Crippen molar-refractivity contribution in [2.75, 3.05) is 0 Å². The van der Waals surface area contributed by atoms with Crippen molar-refractivity contribution in [3.8, 4) is 5.75 Å². The van der Waals surface area contributed by atoms with Crippen LogP contribution in [0.4, 0.5) is 0 Å². The predicted octanol–water partition coefficient (Wildman–Crippen LogP) is -0.449. The average Bonchev–Trinajstić information content (AvgIpc) is 2.57. The van der Waals surface area contributed by atoms with Crippen LogP contribution in [0.15, 0.2) is 47.3 Å². The largest absolute Gasteiger partial charge is 1.00 e. The Morgan fingerprint density at radius 1 is 1.08 bits per heavy atom. The Bertz CT molecular complexity index is 991. The van der Waals surface area contributed by atoms with Gasteiger partial charge in [-0.25, -0.2) is 0 Å². The maximum absolute atomic E-state index is 12.1. The summed E-state index contributed by atoms with van der Waals surface area (Å²) >= 11 is 0. The molecule has 3 aromatic rings. The molecular formula is C19H19ClN2O2.